The van der Waals surface area contributed by atoms with Crippen molar-refractivity contribution in [2.45, 2.75) is 33.0 Å². The molecule has 0 aliphatic carbocycles. The number of rotatable bonds is 5. The summed E-state index contributed by atoms with van der Waals surface area (Å²) in [4.78, 5) is 34.3. The molecule has 1 atom stereocenters. The molecule has 2 amide bonds. The van der Waals surface area contributed by atoms with Gasteiger partial charge >= 0.3 is 12.1 Å². The van der Waals surface area contributed by atoms with Gasteiger partial charge in [0.2, 0.25) is 0 Å². The zero-order chi connectivity index (χ0) is 16.7. The molecule has 0 unspecified atom stereocenters. The molecule has 7 heteroatoms. The summed E-state index contributed by atoms with van der Waals surface area (Å²) < 4.78 is 14.7. The van der Waals surface area contributed by atoms with E-state index in [1.54, 1.807) is 12.1 Å². The van der Waals surface area contributed by atoms with Crippen LogP contribution in [0.15, 0.2) is 24.3 Å². The Hall–Kier alpha value is -2.57. The highest BCUT2D eigenvalue weighted by atomic mass is 16.6. The molecule has 0 heterocycles. The van der Waals surface area contributed by atoms with E-state index in [2.05, 4.69) is 4.74 Å². The van der Waals surface area contributed by atoms with Crippen molar-refractivity contribution in [3.8, 4) is 5.75 Å². The fourth-order valence-electron chi connectivity index (χ4n) is 1.48. The number of amides is 2. The number of benzene rings is 1. The summed E-state index contributed by atoms with van der Waals surface area (Å²) in [5.41, 5.74) is 0.272. The Kier molecular flexibility index (Phi) is 6.37. The van der Waals surface area contributed by atoms with Crippen LogP contribution in [0.5, 0.6) is 5.75 Å². The molecular weight excluding hydrogens is 290 g/mol. The SMILES string of the molecule is COC(=O)NC(=O)[C@H](C)OC(=O)c1ccc(OC(C)C)cc1. The maximum absolute atomic E-state index is 11.9. The highest BCUT2D eigenvalue weighted by molar-refractivity contribution is 5.97. The molecule has 1 rings (SSSR count). The van der Waals surface area contributed by atoms with Gasteiger partial charge in [-0.15, -0.1) is 0 Å². The van der Waals surface area contributed by atoms with E-state index in [0.29, 0.717) is 5.75 Å². The number of ether oxygens (including phenoxy) is 3. The van der Waals surface area contributed by atoms with Gasteiger partial charge in [-0.3, -0.25) is 10.1 Å². The number of alkyl carbamates (subject to hydrolysis) is 1. The van der Waals surface area contributed by atoms with Crippen molar-refractivity contribution in [2.75, 3.05) is 7.11 Å². The summed E-state index contributed by atoms with van der Waals surface area (Å²) in [5.74, 6) is -0.813. The molecule has 0 aliphatic rings. The summed E-state index contributed by atoms with van der Waals surface area (Å²) in [7, 11) is 1.13. The van der Waals surface area contributed by atoms with Crippen LogP contribution in [0.1, 0.15) is 31.1 Å². The molecule has 0 bridgehead atoms. The highest BCUT2D eigenvalue weighted by Gasteiger charge is 2.21. The molecule has 0 aliphatic heterocycles. The standard InChI is InChI=1S/C15H19NO6/c1-9(2)21-12-7-5-11(6-8-12)14(18)22-10(3)13(17)16-15(19)20-4/h5-10H,1-4H3,(H,16,17,19)/t10-/m0/s1. The van der Waals surface area contributed by atoms with Gasteiger partial charge in [0.1, 0.15) is 5.75 Å². The lowest BCUT2D eigenvalue weighted by molar-refractivity contribution is -0.128. The Balaban J connectivity index is 2.60. The third kappa shape index (κ3) is 5.43. The number of carbonyl (C=O) groups excluding carboxylic acids is 3. The zero-order valence-electron chi connectivity index (χ0n) is 12.9. The number of hydrogen-bond donors (Lipinski definition) is 1. The quantitative estimate of drug-likeness (QED) is 0.835. The molecule has 1 aromatic rings. The summed E-state index contributed by atoms with van der Waals surface area (Å²) in [6.07, 6.45) is -2.01. The minimum atomic E-state index is -1.13. The maximum Gasteiger partial charge on any atom is 0.413 e. The Morgan fingerprint density at radius 2 is 1.64 bits per heavy atom. The van der Waals surface area contributed by atoms with E-state index in [1.165, 1.54) is 19.1 Å². The zero-order valence-corrected chi connectivity index (χ0v) is 12.9. The molecule has 1 N–H and O–H groups in total. The van der Waals surface area contributed by atoms with Gasteiger partial charge in [0.25, 0.3) is 5.91 Å². The van der Waals surface area contributed by atoms with Gasteiger partial charge < -0.3 is 14.2 Å². The predicted molar refractivity (Wildman–Crippen MR) is 77.6 cm³/mol. The molecule has 0 radical (unpaired) electrons. The Labute approximate surface area is 128 Å². The Morgan fingerprint density at radius 3 is 2.14 bits per heavy atom. The second-order valence-electron chi connectivity index (χ2n) is 4.72. The van der Waals surface area contributed by atoms with Gasteiger partial charge in [-0.25, -0.2) is 9.59 Å². The fourth-order valence-corrected chi connectivity index (χ4v) is 1.48. The normalized spacial score (nSPS) is 11.5. The molecular formula is C15H19NO6. The highest BCUT2D eigenvalue weighted by Crippen LogP contribution is 2.15. The summed E-state index contributed by atoms with van der Waals surface area (Å²) in [6, 6.07) is 6.33. The largest absolute Gasteiger partial charge is 0.491 e. The molecule has 0 fully saturated rings. The van der Waals surface area contributed by atoms with Gasteiger partial charge in [0.15, 0.2) is 6.10 Å². The number of hydrogen-bond acceptors (Lipinski definition) is 6. The van der Waals surface area contributed by atoms with Crippen molar-refractivity contribution >= 4 is 18.0 Å². The van der Waals surface area contributed by atoms with E-state index in [0.717, 1.165) is 7.11 Å². The van der Waals surface area contributed by atoms with Gasteiger partial charge in [0.05, 0.1) is 18.8 Å². The predicted octanol–water partition coefficient (Wildman–Crippen LogP) is 1.90. The fraction of sp³-hybridized carbons (Fsp3) is 0.400. The van der Waals surface area contributed by atoms with Crippen LogP contribution in [-0.4, -0.2) is 37.3 Å². The minimum Gasteiger partial charge on any atom is -0.491 e. The van der Waals surface area contributed by atoms with Crippen LogP contribution >= 0.6 is 0 Å². The van der Waals surface area contributed by atoms with E-state index in [4.69, 9.17) is 9.47 Å². The molecule has 7 nitrogen and oxygen atoms in total. The Bertz CT molecular complexity index is 537. The van der Waals surface area contributed by atoms with Crippen LogP contribution in [0.25, 0.3) is 0 Å². The first-order chi connectivity index (χ1) is 10.3. The van der Waals surface area contributed by atoms with Gasteiger partial charge in [-0.05, 0) is 45.0 Å². The van der Waals surface area contributed by atoms with Crippen molar-refractivity contribution < 1.29 is 28.6 Å². The van der Waals surface area contributed by atoms with E-state index < -0.39 is 24.1 Å². The summed E-state index contributed by atoms with van der Waals surface area (Å²) >= 11 is 0. The van der Waals surface area contributed by atoms with Crippen LogP contribution in [-0.2, 0) is 14.3 Å². The first kappa shape index (κ1) is 17.5. The number of imide groups is 1. The summed E-state index contributed by atoms with van der Waals surface area (Å²) in [6.45, 7) is 5.14. The van der Waals surface area contributed by atoms with Gasteiger partial charge in [-0.2, -0.15) is 0 Å². The average molecular weight is 309 g/mol. The lowest BCUT2D eigenvalue weighted by atomic mass is 10.2. The van der Waals surface area contributed by atoms with E-state index in [1.807, 2.05) is 19.2 Å². The topological polar surface area (TPSA) is 90.9 Å². The Morgan fingerprint density at radius 1 is 1.05 bits per heavy atom. The smallest absolute Gasteiger partial charge is 0.413 e. The third-order valence-electron chi connectivity index (χ3n) is 2.53. The third-order valence-corrected chi connectivity index (χ3v) is 2.53. The van der Waals surface area contributed by atoms with Crippen LogP contribution in [0.2, 0.25) is 0 Å². The van der Waals surface area contributed by atoms with E-state index >= 15 is 0 Å². The van der Waals surface area contributed by atoms with Crippen molar-refractivity contribution in [1.29, 1.82) is 0 Å². The molecule has 120 valence electrons. The first-order valence-corrected chi connectivity index (χ1v) is 6.70. The second-order valence-corrected chi connectivity index (χ2v) is 4.72. The molecule has 0 saturated heterocycles. The number of carbonyl (C=O) groups is 3. The van der Waals surface area contributed by atoms with Crippen molar-refractivity contribution in [3.63, 3.8) is 0 Å². The van der Waals surface area contributed by atoms with Crippen molar-refractivity contribution in [3.05, 3.63) is 29.8 Å². The van der Waals surface area contributed by atoms with Gasteiger partial charge in [-0.1, -0.05) is 0 Å². The van der Waals surface area contributed by atoms with Crippen LogP contribution in [0, 0.1) is 0 Å². The summed E-state index contributed by atoms with van der Waals surface area (Å²) in [5, 5.41) is 1.92. The van der Waals surface area contributed by atoms with Crippen molar-refractivity contribution in [1.82, 2.24) is 5.32 Å². The number of nitrogens with one attached hydrogen (secondary N) is 1. The number of esters is 1. The lowest BCUT2D eigenvalue weighted by Gasteiger charge is -2.13. The lowest BCUT2D eigenvalue weighted by Crippen LogP contribution is -2.39. The number of methoxy groups -OCH3 is 1. The van der Waals surface area contributed by atoms with Gasteiger partial charge in [0, 0.05) is 0 Å². The van der Waals surface area contributed by atoms with Crippen LogP contribution in [0.3, 0.4) is 0 Å². The average Bonchev–Trinajstić information content (AvgIpc) is 2.46. The molecule has 1 aromatic carbocycles. The minimum absolute atomic E-state index is 0.0276. The molecule has 0 aromatic heterocycles. The monoisotopic (exact) mass is 309 g/mol. The first-order valence-electron chi connectivity index (χ1n) is 6.70. The van der Waals surface area contributed by atoms with E-state index in [9.17, 15) is 14.4 Å². The maximum atomic E-state index is 11.9. The molecule has 22 heavy (non-hydrogen) atoms. The van der Waals surface area contributed by atoms with E-state index in [-0.39, 0.29) is 11.7 Å². The van der Waals surface area contributed by atoms with Crippen LogP contribution in [0.4, 0.5) is 4.79 Å². The second kappa shape index (κ2) is 8.02. The van der Waals surface area contributed by atoms with Crippen LogP contribution < -0.4 is 10.1 Å². The van der Waals surface area contributed by atoms with Crippen molar-refractivity contribution in [2.24, 2.45) is 0 Å². The molecule has 0 spiro atoms. The molecule has 0 saturated carbocycles.